The normalized spacial score (nSPS) is 21.0. The summed E-state index contributed by atoms with van der Waals surface area (Å²) in [7, 11) is 1.65. The standard InChI is InChI=1S/C16H25N3O3/c1-21-10-11-22-9-5-8-17-16(20)15-12-14(18-19-15)13-6-3-2-4-7-13/h2-4,6-7,14-15,18-19H,5,8-12H2,1H3,(H,17,20). The number of nitrogens with one attached hydrogen (secondary N) is 3. The van der Waals surface area contributed by atoms with Crippen LogP contribution in [-0.2, 0) is 14.3 Å². The van der Waals surface area contributed by atoms with Crippen molar-refractivity contribution in [1.29, 1.82) is 0 Å². The van der Waals surface area contributed by atoms with Crippen LogP contribution < -0.4 is 16.2 Å². The van der Waals surface area contributed by atoms with Gasteiger partial charge in [0.05, 0.1) is 13.2 Å². The Bertz CT molecular complexity index is 442. The average molecular weight is 307 g/mol. The SMILES string of the molecule is COCCOCCCNC(=O)C1CC(c2ccccc2)NN1. The maximum absolute atomic E-state index is 12.1. The minimum Gasteiger partial charge on any atom is -0.382 e. The summed E-state index contributed by atoms with van der Waals surface area (Å²) in [5.74, 6) is 0.0304. The Balaban J connectivity index is 1.61. The number of amides is 1. The molecule has 122 valence electrons. The van der Waals surface area contributed by atoms with Crippen LogP contribution in [0.2, 0.25) is 0 Å². The summed E-state index contributed by atoms with van der Waals surface area (Å²) in [6.45, 7) is 2.45. The zero-order valence-electron chi connectivity index (χ0n) is 13.0. The van der Waals surface area contributed by atoms with E-state index in [4.69, 9.17) is 9.47 Å². The molecular weight excluding hydrogens is 282 g/mol. The summed E-state index contributed by atoms with van der Waals surface area (Å²) in [6.07, 6.45) is 1.55. The van der Waals surface area contributed by atoms with Gasteiger partial charge in [0.1, 0.15) is 6.04 Å². The number of rotatable bonds is 9. The van der Waals surface area contributed by atoms with Gasteiger partial charge in [0.2, 0.25) is 5.91 Å². The molecule has 1 aliphatic heterocycles. The number of carbonyl (C=O) groups is 1. The van der Waals surface area contributed by atoms with E-state index in [1.807, 2.05) is 18.2 Å². The smallest absolute Gasteiger partial charge is 0.238 e. The van der Waals surface area contributed by atoms with Crippen LogP contribution in [0.4, 0.5) is 0 Å². The van der Waals surface area contributed by atoms with Crippen molar-refractivity contribution in [2.24, 2.45) is 0 Å². The number of ether oxygens (including phenoxy) is 2. The highest BCUT2D eigenvalue weighted by atomic mass is 16.5. The first kappa shape index (κ1) is 16.9. The quantitative estimate of drug-likeness (QED) is 0.588. The lowest BCUT2D eigenvalue weighted by Gasteiger charge is -2.11. The number of hydrazine groups is 1. The predicted molar refractivity (Wildman–Crippen MR) is 84.2 cm³/mol. The summed E-state index contributed by atoms with van der Waals surface area (Å²) in [5.41, 5.74) is 7.43. The van der Waals surface area contributed by atoms with Gasteiger partial charge in [-0.3, -0.25) is 4.79 Å². The van der Waals surface area contributed by atoms with Crippen LogP contribution in [0, 0.1) is 0 Å². The fourth-order valence-corrected chi connectivity index (χ4v) is 2.39. The maximum atomic E-state index is 12.1. The molecule has 6 heteroatoms. The molecule has 1 aromatic rings. The van der Waals surface area contributed by atoms with Crippen molar-refractivity contribution in [3.63, 3.8) is 0 Å². The number of benzene rings is 1. The van der Waals surface area contributed by atoms with Gasteiger partial charge < -0.3 is 14.8 Å². The molecule has 1 aliphatic rings. The Kier molecular flexibility index (Phi) is 7.32. The average Bonchev–Trinajstić information content (AvgIpc) is 3.05. The van der Waals surface area contributed by atoms with Crippen LogP contribution in [0.1, 0.15) is 24.4 Å². The van der Waals surface area contributed by atoms with E-state index < -0.39 is 0 Å². The van der Waals surface area contributed by atoms with Crippen LogP contribution in [-0.4, -0.2) is 45.4 Å². The molecule has 1 saturated heterocycles. The van der Waals surface area contributed by atoms with Gasteiger partial charge in [-0.1, -0.05) is 30.3 Å². The summed E-state index contributed by atoms with van der Waals surface area (Å²) in [6, 6.07) is 10.1. The molecule has 2 rings (SSSR count). The van der Waals surface area contributed by atoms with E-state index in [0.29, 0.717) is 26.4 Å². The topological polar surface area (TPSA) is 71.6 Å². The third kappa shape index (κ3) is 5.38. The van der Waals surface area contributed by atoms with Crippen LogP contribution in [0.5, 0.6) is 0 Å². The molecule has 0 saturated carbocycles. The van der Waals surface area contributed by atoms with Gasteiger partial charge in [-0.25, -0.2) is 10.9 Å². The number of methoxy groups -OCH3 is 1. The Morgan fingerprint density at radius 3 is 2.82 bits per heavy atom. The molecule has 6 nitrogen and oxygen atoms in total. The highest BCUT2D eigenvalue weighted by Crippen LogP contribution is 2.21. The second-order valence-corrected chi connectivity index (χ2v) is 5.29. The minimum absolute atomic E-state index is 0.0304. The molecule has 0 spiro atoms. The molecule has 0 radical (unpaired) electrons. The fraction of sp³-hybridized carbons (Fsp3) is 0.562. The first-order chi connectivity index (χ1) is 10.8. The monoisotopic (exact) mass is 307 g/mol. The molecule has 1 fully saturated rings. The lowest BCUT2D eigenvalue weighted by Crippen LogP contribution is -2.43. The van der Waals surface area contributed by atoms with Gasteiger partial charge in [0.25, 0.3) is 0 Å². The van der Waals surface area contributed by atoms with E-state index in [1.165, 1.54) is 5.56 Å². The van der Waals surface area contributed by atoms with Crippen molar-refractivity contribution in [3.8, 4) is 0 Å². The van der Waals surface area contributed by atoms with Gasteiger partial charge in [-0.15, -0.1) is 0 Å². The molecular formula is C16H25N3O3. The third-order valence-corrected chi connectivity index (χ3v) is 3.62. The Labute approximate surface area is 131 Å². The van der Waals surface area contributed by atoms with Crippen molar-refractivity contribution in [2.75, 3.05) is 33.5 Å². The lowest BCUT2D eigenvalue weighted by molar-refractivity contribution is -0.122. The van der Waals surface area contributed by atoms with Gasteiger partial charge in [0, 0.05) is 26.3 Å². The third-order valence-electron chi connectivity index (χ3n) is 3.62. The zero-order chi connectivity index (χ0) is 15.6. The van der Waals surface area contributed by atoms with E-state index in [1.54, 1.807) is 7.11 Å². The zero-order valence-corrected chi connectivity index (χ0v) is 13.0. The van der Waals surface area contributed by atoms with Crippen LogP contribution in [0.25, 0.3) is 0 Å². The van der Waals surface area contributed by atoms with Gasteiger partial charge in [-0.05, 0) is 18.4 Å². The summed E-state index contributed by atoms with van der Waals surface area (Å²) in [4.78, 5) is 12.1. The largest absolute Gasteiger partial charge is 0.382 e. The molecule has 1 aromatic carbocycles. The molecule has 0 aliphatic carbocycles. The molecule has 0 aromatic heterocycles. The highest BCUT2D eigenvalue weighted by Gasteiger charge is 2.29. The summed E-state index contributed by atoms with van der Waals surface area (Å²) >= 11 is 0. The van der Waals surface area contributed by atoms with E-state index in [2.05, 4.69) is 28.3 Å². The first-order valence-electron chi connectivity index (χ1n) is 7.71. The van der Waals surface area contributed by atoms with Gasteiger partial charge >= 0.3 is 0 Å². The first-order valence-corrected chi connectivity index (χ1v) is 7.71. The summed E-state index contributed by atoms with van der Waals surface area (Å²) in [5, 5.41) is 2.93. The minimum atomic E-state index is -0.195. The molecule has 3 N–H and O–H groups in total. The van der Waals surface area contributed by atoms with E-state index in [-0.39, 0.29) is 18.0 Å². The second-order valence-electron chi connectivity index (χ2n) is 5.29. The lowest BCUT2D eigenvalue weighted by atomic mass is 10.0. The Morgan fingerprint density at radius 1 is 1.23 bits per heavy atom. The summed E-state index contributed by atoms with van der Waals surface area (Å²) < 4.78 is 10.2. The van der Waals surface area contributed by atoms with Crippen molar-refractivity contribution in [3.05, 3.63) is 35.9 Å². The van der Waals surface area contributed by atoms with Crippen LogP contribution in [0.3, 0.4) is 0 Å². The van der Waals surface area contributed by atoms with E-state index >= 15 is 0 Å². The molecule has 0 bridgehead atoms. The van der Waals surface area contributed by atoms with E-state index in [9.17, 15) is 4.79 Å². The Hall–Kier alpha value is -1.47. The highest BCUT2D eigenvalue weighted by molar-refractivity contribution is 5.82. The molecule has 2 atom stereocenters. The van der Waals surface area contributed by atoms with Crippen LogP contribution >= 0.6 is 0 Å². The predicted octanol–water partition coefficient (Wildman–Crippen LogP) is 0.764. The number of hydrogen-bond acceptors (Lipinski definition) is 5. The van der Waals surface area contributed by atoms with Crippen molar-refractivity contribution >= 4 is 5.91 Å². The van der Waals surface area contributed by atoms with Crippen molar-refractivity contribution in [1.82, 2.24) is 16.2 Å². The number of hydrogen-bond donors (Lipinski definition) is 3. The number of carbonyl (C=O) groups excluding carboxylic acids is 1. The Morgan fingerprint density at radius 2 is 2.05 bits per heavy atom. The van der Waals surface area contributed by atoms with Crippen molar-refractivity contribution in [2.45, 2.75) is 24.9 Å². The van der Waals surface area contributed by atoms with Gasteiger partial charge in [0.15, 0.2) is 0 Å². The van der Waals surface area contributed by atoms with Gasteiger partial charge in [-0.2, -0.15) is 0 Å². The van der Waals surface area contributed by atoms with Crippen molar-refractivity contribution < 1.29 is 14.3 Å². The molecule has 1 amide bonds. The molecule has 1 heterocycles. The fourth-order valence-electron chi connectivity index (χ4n) is 2.39. The second kappa shape index (κ2) is 9.53. The maximum Gasteiger partial charge on any atom is 0.238 e. The van der Waals surface area contributed by atoms with Crippen LogP contribution in [0.15, 0.2) is 30.3 Å². The van der Waals surface area contributed by atoms with E-state index in [0.717, 1.165) is 12.8 Å². The molecule has 2 unspecified atom stereocenters. The molecule has 22 heavy (non-hydrogen) atoms.